The van der Waals surface area contributed by atoms with Gasteiger partial charge in [-0.2, -0.15) is 8.42 Å². The van der Waals surface area contributed by atoms with E-state index in [-0.39, 0.29) is 10.6 Å². The van der Waals surface area contributed by atoms with Crippen molar-refractivity contribution in [3.63, 3.8) is 0 Å². The van der Waals surface area contributed by atoms with Crippen molar-refractivity contribution in [1.29, 1.82) is 0 Å². The Kier molecular flexibility index (Phi) is 3.42. The largest absolute Gasteiger partial charge is 0.495 e. The molecule has 21 heavy (non-hydrogen) atoms. The third-order valence-electron chi connectivity index (χ3n) is 2.95. The van der Waals surface area contributed by atoms with Crippen LogP contribution in [-0.4, -0.2) is 29.9 Å². The lowest BCUT2D eigenvalue weighted by Gasteiger charge is -2.10. The molecule has 108 valence electrons. The van der Waals surface area contributed by atoms with Crippen molar-refractivity contribution < 1.29 is 13.2 Å². The normalized spacial score (nSPS) is 11.7. The summed E-state index contributed by atoms with van der Waals surface area (Å²) in [6.07, 6.45) is 0. The highest BCUT2D eigenvalue weighted by Gasteiger charge is 2.25. The average molecular weight is 368 g/mol. The topological polar surface area (TPSA) is 74.1 Å². The van der Waals surface area contributed by atoms with Gasteiger partial charge >= 0.3 is 0 Å². The van der Waals surface area contributed by atoms with Crippen LogP contribution in [0.25, 0.3) is 11.0 Å². The van der Waals surface area contributed by atoms with Crippen molar-refractivity contribution >= 4 is 37.0 Å². The maximum Gasteiger partial charge on any atom is 0.288 e. The van der Waals surface area contributed by atoms with Crippen LogP contribution in [0.15, 0.2) is 51.8 Å². The maximum atomic E-state index is 12.8. The molecule has 0 atom stereocenters. The van der Waals surface area contributed by atoms with Crippen LogP contribution >= 0.6 is 15.9 Å². The highest BCUT2D eigenvalue weighted by molar-refractivity contribution is 9.10. The number of rotatable bonds is 3. The van der Waals surface area contributed by atoms with Crippen LogP contribution < -0.4 is 4.74 Å². The molecular formula is C13H10BrN3O3S. The number of hydrogen-bond acceptors (Lipinski definition) is 5. The Morgan fingerprint density at radius 1 is 1.19 bits per heavy atom. The Bertz CT molecular complexity index is 921. The molecule has 2 aromatic carbocycles. The van der Waals surface area contributed by atoms with Crippen LogP contribution in [0.2, 0.25) is 0 Å². The highest BCUT2D eigenvalue weighted by Crippen LogP contribution is 2.29. The molecule has 0 radical (unpaired) electrons. The second-order valence-electron chi connectivity index (χ2n) is 4.22. The van der Waals surface area contributed by atoms with Crippen molar-refractivity contribution in [2.75, 3.05) is 7.11 Å². The lowest BCUT2D eigenvalue weighted by atomic mass is 10.3. The summed E-state index contributed by atoms with van der Waals surface area (Å²) in [5.41, 5.74) is 0.926. The molecule has 0 amide bonds. The van der Waals surface area contributed by atoms with E-state index in [2.05, 4.69) is 26.2 Å². The first kappa shape index (κ1) is 14.0. The summed E-state index contributed by atoms with van der Waals surface area (Å²) in [6.45, 7) is 0. The number of methoxy groups -OCH3 is 1. The Morgan fingerprint density at radius 2 is 1.95 bits per heavy atom. The standard InChI is InChI=1S/C13H10BrN3O3S/c1-20-12-7-6-9(14)8-13(12)21(18,19)17-11-5-3-2-4-10(11)15-16-17/h2-8H,1H3. The van der Waals surface area contributed by atoms with Crippen LogP contribution in [-0.2, 0) is 10.0 Å². The smallest absolute Gasteiger partial charge is 0.288 e. The number of aromatic nitrogens is 3. The van der Waals surface area contributed by atoms with Crippen LogP contribution in [0, 0.1) is 0 Å². The molecule has 3 rings (SSSR count). The first-order valence-electron chi connectivity index (χ1n) is 5.93. The Balaban J connectivity index is 2.28. The SMILES string of the molecule is COc1ccc(Br)cc1S(=O)(=O)n1nnc2ccccc21. The first-order chi connectivity index (χ1) is 10.0. The Labute approximate surface area is 129 Å². The van der Waals surface area contributed by atoms with E-state index in [1.54, 1.807) is 36.4 Å². The van der Waals surface area contributed by atoms with E-state index >= 15 is 0 Å². The zero-order valence-electron chi connectivity index (χ0n) is 10.9. The molecule has 8 heteroatoms. The van der Waals surface area contributed by atoms with E-state index < -0.39 is 10.0 Å². The molecule has 0 spiro atoms. The zero-order valence-corrected chi connectivity index (χ0v) is 13.3. The third kappa shape index (κ3) is 2.30. The van der Waals surface area contributed by atoms with E-state index in [9.17, 15) is 8.42 Å². The molecule has 0 saturated carbocycles. The van der Waals surface area contributed by atoms with Crippen LogP contribution in [0.3, 0.4) is 0 Å². The fraction of sp³-hybridized carbons (Fsp3) is 0.0769. The van der Waals surface area contributed by atoms with E-state index in [0.717, 1.165) is 4.09 Å². The number of ether oxygens (including phenoxy) is 1. The molecule has 0 fully saturated rings. The first-order valence-corrected chi connectivity index (χ1v) is 8.17. The molecule has 1 heterocycles. The van der Waals surface area contributed by atoms with Gasteiger partial charge in [0, 0.05) is 4.47 Å². The van der Waals surface area contributed by atoms with Gasteiger partial charge in [0.1, 0.15) is 21.7 Å². The Hall–Kier alpha value is -1.93. The summed E-state index contributed by atoms with van der Waals surface area (Å²) in [5.74, 6) is 0.248. The summed E-state index contributed by atoms with van der Waals surface area (Å²) in [6, 6.07) is 11.6. The zero-order chi connectivity index (χ0) is 15.0. The minimum absolute atomic E-state index is 0.0232. The summed E-state index contributed by atoms with van der Waals surface area (Å²) >= 11 is 3.27. The van der Waals surface area contributed by atoms with Crippen LogP contribution in [0.1, 0.15) is 0 Å². The molecule has 0 saturated heterocycles. The fourth-order valence-corrected chi connectivity index (χ4v) is 3.90. The van der Waals surface area contributed by atoms with Gasteiger partial charge in [-0.1, -0.05) is 33.3 Å². The number of nitrogens with zero attached hydrogens (tertiary/aromatic N) is 3. The molecule has 0 unspecified atom stereocenters. The van der Waals surface area contributed by atoms with Gasteiger partial charge < -0.3 is 4.74 Å². The van der Waals surface area contributed by atoms with Gasteiger partial charge in [0.2, 0.25) is 0 Å². The van der Waals surface area contributed by atoms with Crippen molar-refractivity contribution in [3.8, 4) is 5.75 Å². The molecule has 0 aliphatic carbocycles. The minimum Gasteiger partial charge on any atom is -0.495 e. The predicted octanol–water partition coefficient (Wildman–Crippen LogP) is 2.44. The number of para-hydroxylation sites is 1. The molecule has 1 aromatic heterocycles. The van der Waals surface area contributed by atoms with Gasteiger partial charge in [-0.05, 0) is 30.3 Å². The molecule has 0 N–H and O–H groups in total. The third-order valence-corrected chi connectivity index (χ3v) is 5.05. The van der Waals surface area contributed by atoms with Gasteiger partial charge in [-0.3, -0.25) is 0 Å². The second kappa shape index (κ2) is 5.12. The molecule has 0 aliphatic rings. The summed E-state index contributed by atoms with van der Waals surface area (Å²) in [5, 5.41) is 7.63. The van der Waals surface area contributed by atoms with Crippen LogP contribution in [0.5, 0.6) is 5.75 Å². The van der Waals surface area contributed by atoms with Crippen molar-refractivity contribution in [2.45, 2.75) is 4.90 Å². The number of halogens is 1. The van der Waals surface area contributed by atoms with Gasteiger partial charge in [0.05, 0.1) is 7.11 Å². The highest BCUT2D eigenvalue weighted by atomic mass is 79.9. The number of benzene rings is 2. The molecule has 0 aliphatic heterocycles. The summed E-state index contributed by atoms with van der Waals surface area (Å²) in [7, 11) is -2.48. The van der Waals surface area contributed by atoms with E-state index in [4.69, 9.17) is 4.74 Å². The monoisotopic (exact) mass is 367 g/mol. The summed E-state index contributed by atoms with van der Waals surface area (Å²) < 4.78 is 32.3. The van der Waals surface area contributed by atoms with Crippen molar-refractivity contribution in [2.24, 2.45) is 0 Å². The fourth-order valence-electron chi connectivity index (χ4n) is 1.97. The van der Waals surface area contributed by atoms with Crippen molar-refractivity contribution in [1.82, 2.24) is 14.4 Å². The lowest BCUT2D eigenvalue weighted by molar-refractivity contribution is 0.402. The quantitative estimate of drug-likeness (QED) is 0.710. The van der Waals surface area contributed by atoms with Gasteiger partial charge in [0.25, 0.3) is 10.0 Å². The van der Waals surface area contributed by atoms with E-state index in [1.165, 1.54) is 13.2 Å². The lowest BCUT2D eigenvalue weighted by Crippen LogP contribution is -2.15. The summed E-state index contributed by atoms with van der Waals surface area (Å²) in [4.78, 5) is 0.0232. The molecular weight excluding hydrogens is 358 g/mol. The van der Waals surface area contributed by atoms with Gasteiger partial charge in [-0.25, -0.2) is 0 Å². The van der Waals surface area contributed by atoms with Gasteiger partial charge in [-0.15, -0.1) is 9.19 Å². The minimum atomic E-state index is -3.90. The Morgan fingerprint density at radius 3 is 2.71 bits per heavy atom. The molecule has 6 nitrogen and oxygen atoms in total. The average Bonchev–Trinajstić information content (AvgIpc) is 2.92. The van der Waals surface area contributed by atoms with Crippen LogP contribution in [0.4, 0.5) is 0 Å². The van der Waals surface area contributed by atoms with E-state index in [0.29, 0.717) is 15.5 Å². The number of fused-ring (bicyclic) bond motifs is 1. The van der Waals surface area contributed by atoms with E-state index in [1.807, 2.05) is 0 Å². The number of hydrogen-bond donors (Lipinski definition) is 0. The predicted molar refractivity (Wildman–Crippen MR) is 80.8 cm³/mol. The second-order valence-corrected chi connectivity index (χ2v) is 6.87. The molecule has 0 bridgehead atoms. The van der Waals surface area contributed by atoms with Gasteiger partial charge in [0.15, 0.2) is 0 Å². The maximum absolute atomic E-state index is 12.8. The molecule has 3 aromatic rings. The van der Waals surface area contributed by atoms with Crippen molar-refractivity contribution in [3.05, 3.63) is 46.9 Å².